The highest BCUT2D eigenvalue weighted by Crippen LogP contribution is 2.27. The van der Waals surface area contributed by atoms with Crippen molar-refractivity contribution in [2.75, 3.05) is 13.6 Å². The second-order valence-electron chi connectivity index (χ2n) is 6.84. The summed E-state index contributed by atoms with van der Waals surface area (Å²) in [4.78, 5) is 14.7. The highest BCUT2D eigenvalue weighted by atomic mass is 16.2. The van der Waals surface area contributed by atoms with Crippen LogP contribution in [0.1, 0.15) is 35.7 Å². The van der Waals surface area contributed by atoms with Crippen molar-refractivity contribution in [3.8, 4) is 0 Å². The molecular weight excluding hydrogens is 332 g/mol. The van der Waals surface area contributed by atoms with Crippen LogP contribution in [0, 0.1) is 0 Å². The Morgan fingerprint density at radius 3 is 1.63 bits per heavy atom. The molecule has 0 bridgehead atoms. The smallest absolute Gasteiger partial charge is 0.234 e. The number of hydrogen-bond acceptors (Lipinski definition) is 2. The van der Waals surface area contributed by atoms with Crippen LogP contribution in [0.5, 0.6) is 0 Å². The molecule has 0 spiro atoms. The maximum atomic E-state index is 12.7. The van der Waals surface area contributed by atoms with Crippen molar-refractivity contribution in [1.29, 1.82) is 0 Å². The minimum atomic E-state index is -0.0148. The summed E-state index contributed by atoms with van der Waals surface area (Å²) in [6.45, 7) is 2.34. The van der Waals surface area contributed by atoms with Gasteiger partial charge in [-0.3, -0.25) is 9.69 Å². The van der Waals surface area contributed by atoms with E-state index in [1.165, 1.54) is 11.1 Å². The minimum Gasteiger partial charge on any atom is -0.348 e. The van der Waals surface area contributed by atoms with Gasteiger partial charge in [-0.15, -0.1) is 0 Å². The SMILES string of the molecule is C[C@H](NC(=O)CN(C)C(c1ccccc1)c1ccccc1)c1ccccc1. The molecule has 3 aromatic carbocycles. The number of benzene rings is 3. The maximum absolute atomic E-state index is 12.7. The van der Waals surface area contributed by atoms with Crippen molar-refractivity contribution >= 4 is 5.91 Å². The lowest BCUT2D eigenvalue weighted by atomic mass is 9.97. The average molecular weight is 358 g/mol. The summed E-state index contributed by atoms with van der Waals surface area (Å²) in [5.74, 6) is 0.0192. The quantitative estimate of drug-likeness (QED) is 0.670. The molecule has 0 heterocycles. The maximum Gasteiger partial charge on any atom is 0.234 e. The Kier molecular flexibility index (Phi) is 6.39. The predicted molar refractivity (Wildman–Crippen MR) is 110 cm³/mol. The van der Waals surface area contributed by atoms with E-state index in [1.54, 1.807) is 0 Å². The summed E-state index contributed by atoms with van der Waals surface area (Å²) < 4.78 is 0. The van der Waals surface area contributed by atoms with E-state index in [1.807, 2.05) is 80.7 Å². The summed E-state index contributed by atoms with van der Waals surface area (Å²) in [5.41, 5.74) is 3.46. The van der Waals surface area contributed by atoms with Crippen LogP contribution in [0.3, 0.4) is 0 Å². The third kappa shape index (κ3) is 5.05. The van der Waals surface area contributed by atoms with Gasteiger partial charge in [-0.1, -0.05) is 91.0 Å². The molecule has 27 heavy (non-hydrogen) atoms. The summed E-state index contributed by atoms with van der Waals surface area (Å²) in [5, 5.41) is 3.10. The highest BCUT2D eigenvalue weighted by molar-refractivity contribution is 5.78. The monoisotopic (exact) mass is 358 g/mol. The normalized spacial score (nSPS) is 12.1. The second-order valence-corrected chi connectivity index (χ2v) is 6.84. The summed E-state index contributed by atoms with van der Waals surface area (Å²) in [6, 6.07) is 30.7. The zero-order valence-electron chi connectivity index (χ0n) is 15.9. The average Bonchev–Trinajstić information content (AvgIpc) is 2.70. The molecule has 0 aliphatic heterocycles. The number of carbonyl (C=O) groups is 1. The molecule has 0 fully saturated rings. The number of rotatable bonds is 7. The van der Waals surface area contributed by atoms with E-state index in [0.29, 0.717) is 6.54 Å². The molecule has 3 heteroatoms. The molecule has 138 valence electrons. The molecule has 3 rings (SSSR count). The number of nitrogens with one attached hydrogen (secondary N) is 1. The molecule has 0 aliphatic rings. The largest absolute Gasteiger partial charge is 0.348 e. The standard InChI is InChI=1S/C24H26N2O/c1-19(20-12-6-3-7-13-20)25-23(27)18-26(2)24(21-14-8-4-9-15-21)22-16-10-5-11-17-22/h3-17,19,24H,18H2,1-2H3,(H,25,27)/t19-/m0/s1. The predicted octanol–water partition coefficient (Wildman–Crippen LogP) is 4.59. The van der Waals surface area contributed by atoms with Crippen LogP contribution in [-0.4, -0.2) is 24.4 Å². The Labute approximate surface area is 161 Å². The third-order valence-electron chi connectivity index (χ3n) is 4.74. The topological polar surface area (TPSA) is 32.3 Å². The summed E-state index contributed by atoms with van der Waals surface area (Å²) in [7, 11) is 2.00. The van der Waals surface area contributed by atoms with Crippen molar-refractivity contribution in [2.24, 2.45) is 0 Å². The lowest BCUT2D eigenvalue weighted by molar-refractivity contribution is -0.122. The first kappa shape index (κ1) is 18.9. The zero-order valence-corrected chi connectivity index (χ0v) is 15.9. The third-order valence-corrected chi connectivity index (χ3v) is 4.74. The van der Waals surface area contributed by atoms with Crippen LogP contribution < -0.4 is 5.32 Å². The Hall–Kier alpha value is -2.91. The van der Waals surface area contributed by atoms with Gasteiger partial charge in [0, 0.05) is 0 Å². The van der Waals surface area contributed by atoms with Crippen LogP contribution in [0.4, 0.5) is 0 Å². The van der Waals surface area contributed by atoms with Gasteiger partial charge < -0.3 is 5.32 Å². The molecule has 3 aromatic rings. The van der Waals surface area contributed by atoms with Crippen molar-refractivity contribution in [3.05, 3.63) is 108 Å². The Morgan fingerprint density at radius 1 is 0.778 bits per heavy atom. The van der Waals surface area contributed by atoms with Crippen LogP contribution in [-0.2, 0) is 4.79 Å². The van der Waals surface area contributed by atoms with Gasteiger partial charge in [-0.25, -0.2) is 0 Å². The fraction of sp³-hybridized carbons (Fsp3) is 0.208. The Morgan fingerprint density at radius 2 is 1.19 bits per heavy atom. The van der Waals surface area contributed by atoms with Gasteiger partial charge in [-0.2, -0.15) is 0 Å². The van der Waals surface area contributed by atoms with Gasteiger partial charge in [0.1, 0.15) is 0 Å². The number of nitrogens with zero attached hydrogens (tertiary/aromatic N) is 1. The molecule has 1 N–H and O–H groups in total. The number of hydrogen-bond donors (Lipinski definition) is 1. The zero-order chi connectivity index (χ0) is 19.1. The van der Waals surface area contributed by atoms with Gasteiger partial charge in [0.2, 0.25) is 5.91 Å². The minimum absolute atomic E-state index is 0.0148. The number of amides is 1. The molecule has 3 nitrogen and oxygen atoms in total. The van der Waals surface area contributed by atoms with E-state index in [4.69, 9.17) is 0 Å². The van der Waals surface area contributed by atoms with E-state index in [0.717, 1.165) is 5.56 Å². The van der Waals surface area contributed by atoms with Gasteiger partial charge in [0.05, 0.1) is 18.6 Å². The first-order chi connectivity index (χ1) is 13.1. The first-order valence-electron chi connectivity index (χ1n) is 9.29. The van der Waals surface area contributed by atoms with Gasteiger partial charge in [0.25, 0.3) is 0 Å². The van der Waals surface area contributed by atoms with Crippen molar-refractivity contribution in [1.82, 2.24) is 10.2 Å². The Balaban J connectivity index is 1.73. The van der Waals surface area contributed by atoms with E-state index in [2.05, 4.69) is 34.5 Å². The fourth-order valence-electron chi connectivity index (χ4n) is 3.40. The molecule has 1 amide bonds. The molecular formula is C24H26N2O. The summed E-state index contributed by atoms with van der Waals surface area (Å²) >= 11 is 0. The highest BCUT2D eigenvalue weighted by Gasteiger charge is 2.21. The lowest BCUT2D eigenvalue weighted by Gasteiger charge is -2.29. The fourth-order valence-corrected chi connectivity index (χ4v) is 3.40. The van der Waals surface area contributed by atoms with E-state index in [9.17, 15) is 4.79 Å². The lowest BCUT2D eigenvalue weighted by Crippen LogP contribution is -2.38. The molecule has 0 aromatic heterocycles. The van der Waals surface area contributed by atoms with E-state index >= 15 is 0 Å². The van der Waals surface area contributed by atoms with Crippen LogP contribution in [0.25, 0.3) is 0 Å². The summed E-state index contributed by atoms with van der Waals surface area (Å²) in [6.07, 6.45) is 0. The molecule has 0 aliphatic carbocycles. The molecule has 0 saturated heterocycles. The molecule has 1 atom stereocenters. The van der Waals surface area contributed by atoms with Crippen molar-refractivity contribution in [2.45, 2.75) is 19.0 Å². The number of likely N-dealkylation sites (N-methyl/N-ethyl adjacent to an activating group) is 1. The van der Waals surface area contributed by atoms with Crippen LogP contribution in [0.2, 0.25) is 0 Å². The van der Waals surface area contributed by atoms with Crippen molar-refractivity contribution < 1.29 is 4.79 Å². The van der Waals surface area contributed by atoms with Gasteiger partial charge in [0.15, 0.2) is 0 Å². The van der Waals surface area contributed by atoms with E-state index in [-0.39, 0.29) is 18.0 Å². The number of carbonyl (C=O) groups excluding carboxylic acids is 1. The van der Waals surface area contributed by atoms with Crippen LogP contribution in [0.15, 0.2) is 91.0 Å². The molecule has 0 saturated carbocycles. The first-order valence-corrected chi connectivity index (χ1v) is 9.29. The molecule has 0 radical (unpaired) electrons. The van der Waals surface area contributed by atoms with Crippen LogP contribution >= 0.6 is 0 Å². The Bertz CT molecular complexity index is 795. The van der Waals surface area contributed by atoms with Gasteiger partial charge in [-0.05, 0) is 30.7 Å². The molecule has 0 unspecified atom stereocenters. The van der Waals surface area contributed by atoms with E-state index < -0.39 is 0 Å². The van der Waals surface area contributed by atoms with Crippen molar-refractivity contribution in [3.63, 3.8) is 0 Å². The second kappa shape index (κ2) is 9.15. The van der Waals surface area contributed by atoms with Gasteiger partial charge >= 0.3 is 0 Å².